The lowest BCUT2D eigenvalue weighted by atomic mass is 10.4. The Labute approximate surface area is 99.5 Å². The van der Waals surface area contributed by atoms with Gasteiger partial charge in [-0.2, -0.15) is 0 Å². The van der Waals surface area contributed by atoms with Gasteiger partial charge in [-0.1, -0.05) is 11.3 Å². The second kappa shape index (κ2) is 4.14. The second-order valence-corrected chi connectivity index (χ2v) is 5.27. The van der Waals surface area contributed by atoms with Gasteiger partial charge < -0.3 is 5.73 Å². The Morgan fingerprint density at radius 2 is 2.06 bits per heavy atom. The Bertz CT molecular complexity index is 513. The van der Waals surface area contributed by atoms with E-state index in [0.29, 0.717) is 5.13 Å². The van der Waals surface area contributed by atoms with E-state index in [2.05, 4.69) is 20.5 Å². The SMILES string of the molecule is Cc1nc(NC(=O)c2nnc(N)s2)sc1C. The van der Waals surface area contributed by atoms with Gasteiger partial charge in [0, 0.05) is 4.88 Å². The largest absolute Gasteiger partial charge is 0.374 e. The van der Waals surface area contributed by atoms with Crippen LogP contribution in [0.1, 0.15) is 20.4 Å². The van der Waals surface area contributed by atoms with Crippen molar-refractivity contribution in [2.45, 2.75) is 13.8 Å². The molecule has 2 aromatic heterocycles. The van der Waals surface area contributed by atoms with Gasteiger partial charge in [0.05, 0.1) is 5.69 Å². The normalized spacial score (nSPS) is 10.4. The molecule has 6 nitrogen and oxygen atoms in total. The van der Waals surface area contributed by atoms with E-state index in [1.807, 2.05) is 13.8 Å². The topological polar surface area (TPSA) is 93.8 Å². The quantitative estimate of drug-likeness (QED) is 0.847. The van der Waals surface area contributed by atoms with Crippen molar-refractivity contribution in [2.24, 2.45) is 0 Å². The Hall–Kier alpha value is -1.54. The van der Waals surface area contributed by atoms with Gasteiger partial charge in [-0.3, -0.25) is 10.1 Å². The van der Waals surface area contributed by atoms with Crippen LogP contribution in [0.15, 0.2) is 0 Å². The van der Waals surface area contributed by atoms with Crippen LogP contribution in [0.25, 0.3) is 0 Å². The molecule has 2 heterocycles. The van der Waals surface area contributed by atoms with E-state index >= 15 is 0 Å². The van der Waals surface area contributed by atoms with E-state index < -0.39 is 0 Å². The van der Waals surface area contributed by atoms with E-state index in [9.17, 15) is 4.79 Å². The molecular formula is C8H9N5OS2. The molecule has 84 valence electrons. The molecule has 0 bridgehead atoms. The molecular weight excluding hydrogens is 246 g/mol. The first-order valence-electron chi connectivity index (χ1n) is 4.40. The number of nitrogens with two attached hydrogens (primary N) is 1. The predicted molar refractivity (Wildman–Crippen MR) is 63.9 cm³/mol. The highest BCUT2D eigenvalue weighted by Gasteiger charge is 2.14. The minimum absolute atomic E-state index is 0.239. The molecule has 0 saturated heterocycles. The summed E-state index contributed by atoms with van der Waals surface area (Å²) in [4.78, 5) is 16.9. The monoisotopic (exact) mass is 255 g/mol. The first kappa shape index (κ1) is 11.0. The summed E-state index contributed by atoms with van der Waals surface area (Å²) in [5.74, 6) is -0.331. The zero-order valence-electron chi connectivity index (χ0n) is 8.64. The highest BCUT2D eigenvalue weighted by Crippen LogP contribution is 2.22. The number of amides is 1. The van der Waals surface area contributed by atoms with E-state index in [4.69, 9.17) is 5.73 Å². The smallest absolute Gasteiger partial charge is 0.288 e. The van der Waals surface area contributed by atoms with Crippen LogP contribution in [-0.2, 0) is 0 Å². The third kappa shape index (κ3) is 2.17. The van der Waals surface area contributed by atoms with Crippen molar-refractivity contribution in [2.75, 3.05) is 11.1 Å². The van der Waals surface area contributed by atoms with Gasteiger partial charge in [-0.25, -0.2) is 4.98 Å². The maximum Gasteiger partial charge on any atom is 0.288 e. The number of carbonyl (C=O) groups is 1. The van der Waals surface area contributed by atoms with E-state index in [1.54, 1.807) is 0 Å². The van der Waals surface area contributed by atoms with Crippen molar-refractivity contribution in [1.29, 1.82) is 0 Å². The van der Waals surface area contributed by atoms with Crippen molar-refractivity contribution in [3.05, 3.63) is 15.6 Å². The van der Waals surface area contributed by atoms with E-state index in [0.717, 1.165) is 21.9 Å². The number of aryl methyl sites for hydroxylation is 2. The second-order valence-electron chi connectivity index (χ2n) is 3.06. The fourth-order valence-electron chi connectivity index (χ4n) is 1.00. The molecule has 0 aliphatic carbocycles. The first-order valence-corrected chi connectivity index (χ1v) is 6.04. The third-order valence-corrected chi connectivity index (χ3v) is 3.62. The molecule has 1 amide bonds. The maximum atomic E-state index is 11.7. The van der Waals surface area contributed by atoms with Crippen molar-refractivity contribution >= 4 is 38.8 Å². The van der Waals surface area contributed by atoms with Gasteiger partial charge in [0.2, 0.25) is 10.1 Å². The molecule has 0 fully saturated rings. The number of rotatable bonds is 2. The number of nitrogens with one attached hydrogen (secondary N) is 1. The number of carbonyl (C=O) groups excluding carboxylic acids is 1. The van der Waals surface area contributed by atoms with E-state index in [1.165, 1.54) is 11.3 Å². The Balaban J connectivity index is 2.13. The van der Waals surface area contributed by atoms with Gasteiger partial charge in [-0.15, -0.1) is 21.5 Å². The number of hydrogen-bond donors (Lipinski definition) is 2. The summed E-state index contributed by atoms with van der Waals surface area (Å²) in [6, 6.07) is 0. The molecule has 8 heteroatoms. The maximum absolute atomic E-state index is 11.7. The predicted octanol–water partition coefficient (Wildman–Crippen LogP) is 1.45. The van der Waals surface area contributed by atoms with Gasteiger partial charge in [-0.05, 0) is 13.8 Å². The summed E-state index contributed by atoms with van der Waals surface area (Å²) in [5, 5.41) is 11.0. The highest BCUT2D eigenvalue weighted by atomic mass is 32.1. The number of nitrogens with zero attached hydrogens (tertiary/aromatic N) is 3. The summed E-state index contributed by atoms with van der Waals surface area (Å²) >= 11 is 2.47. The number of nitrogen functional groups attached to an aromatic ring is 1. The molecule has 0 spiro atoms. The standard InChI is InChI=1S/C8H9N5OS2/c1-3-4(2)15-8(10-3)11-5(14)6-12-13-7(9)16-6/h1-2H3,(H2,9,13)(H,10,11,14). The zero-order chi connectivity index (χ0) is 11.7. The lowest BCUT2D eigenvalue weighted by molar-refractivity contribution is 0.102. The lowest BCUT2D eigenvalue weighted by Gasteiger charge is -1.95. The van der Waals surface area contributed by atoms with Gasteiger partial charge >= 0.3 is 0 Å². The Kier molecular flexibility index (Phi) is 2.84. The zero-order valence-corrected chi connectivity index (χ0v) is 10.3. The highest BCUT2D eigenvalue weighted by molar-refractivity contribution is 7.17. The summed E-state index contributed by atoms with van der Waals surface area (Å²) in [7, 11) is 0. The van der Waals surface area contributed by atoms with Gasteiger partial charge in [0.25, 0.3) is 5.91 Å². The van der Waals surface area contributed by atoms with Crippen molar-refractivity contribution in [1.82, 2.24) is 15.2 Å². The third-order valence-electron chi connectivity index (χ3n) is 1.88. The van der Waals surface area contributed by atoms with Crippen LogP contribution >= 0.6 is 22.7 Å². The molecule has 0 aliphatic heterocycles. The van der Waals surface area contributed by atoms with Crippen LogP contribution in [0.4, 0.5) is 10.3 Å². The van der Waals surface area contributed by atoms with Crippen LogP contribution in [0.2, 0.25) is 0 Å². The van der Waals surface area contributed by atoms with Crippen LogP contribution in [0, 0.1) is 13.8 Å². The lowest BCUT2D eigenvalue weighted by Crippen LogP contribution is -2.11. The molecule has 0 radical (unpaired) electrons. The number of hydrogen-bond acceptors (Lipinski definition) is 7. The number of thiazole rings is 1. The summed E-state index contributed by atoms with van der Waals surface area (Å²) < 4.78 is 0. The fourth-order valence-corrected chi connectivity index (χ4v) is 2.32. The fraction of sp³-hybridized carbons (Fsp3) is 0.250. The van der Waals surface area contributed by atoms with E-state index in [-0.39, 0.29) is 16.0 Å². The first-order chi connectivity index (χ1) is 7.56. The number of aromatic nitrogens is 3. The molecule has 0 unspecified atom stereocenters. The van der Waals surface area contributed by atoms with Gasteiger partial charge in [0.15, 0.2) is 5.13 Å². The van der Waals surface area contributed by atoms with Crippen LogP contribution in [-0.4, -0.2) is 21.1 Å². The molecule has 0 aromatic carbocycles. The van der Waals surface area contributed by atoms with Crippen molar-refractivity contribution in [3.63, 3.8) is 0 Å². The molecule has 0 aliphatic rings. The Morgan fingerprint density at radius 3 is 2.56 bits per heavy atom. The minimum Gasteiger partial charge on any atom is -0.374 e. The number of anilines is 2. The van der Waals surface area contributed by atoms with Crippen LogP contribution in [0.3, 0.4) is 0 Å². The molecule has 2 rings (SSSR count). The van der Waals surface area contributed by atoms with Crippen LogP contribution in [0.5, 0.6) is 0 Å². The minimum atomic E-state index is -0.331. The van der Waals surface area contributed by atoms with Crippen molar-refractivity contribution in [3.8, 4) is 0 Å². The molecule has 2 aromatic rings. The molecule has 3 N–H and O–H groups in total. The average Bonchev–Trinajstić information content (AvgIpc) is 2.75. The van der Waals surface area contributed by atoms with Crippen LogP contribution < -0.4 is 11.1 Å². The summed E-state index contributed by atoms with van der Waals surface area (Å²) in [5.41, 5.74) is 6.30. The van der Waals surface area contributed by atoms with Crippen molar-refractivity contribution < 1.29 is 4.79 Å². The molecule has 0 saturated carbocycles. The summed E-state index contributed by atoms with van der Waals surface area (Å²) in [6.45, 7) is 3.84. The molecule has 16 heavy (non-hydrogen) atoms. The summed E-state index contributed by atoms with van der Waals surface area (Å²) in [6.07, 6.45) is 0. The average molecular weight is 255 g/mol. The van der Waals surface area contributed by atoms with Gasteiger partial charge in [0.1, 0.15) is 0 Å². The Morgan fingerprint density at radius 1 is 1.31 bits per heavy atom. The molecule has 0 atom stereocenters.